The fraction of sp³-hybridized carbons (Fsp3) is 0.579. The summed E-state index contributed by atoms with van der Waals surface area (Å²) in [5.41, 5.74) is 1.66. The summed E-state index contributed by atoms with van der Waals surface area (Å²) in [5, 5.41) is 9.24. The van der Waals surface area contributed by atoms with Gasteiger partial charge in [0, 0.05) is 24.9 Å². The van der Waals surface area contributed by atoms with Crippen LogP contribution in [-0.2, 0) is 25.9 Å². The summed E-state index contributed by atoms with van der Waals surface area (Å²) in [5.74, 6) is 0.840. The lowest BCUT2D eigenvalue weighted by molar-refractivity contribution is -0.124. The van der Waals surface area contributed by atoms with Crippen molar-refractivity contribution in [3.8, 4) is 0 Å². The van der Waals surface area contributed by atoms with Crippen molar-refractivity contribution in [1.82, 2.24) is 10.6 Å². The van der Waals surface area contributed by atoms with Crippen molar-refractivity contribution in [2.45, 2.75) is 44.9 Å². The van der Waals surface area contributed by atoms with Gasteiger partial charge in [0.15, 0.2) is 15.8 Å². The average molecular weight is 409 g/mol. The molecule has 2 unspecified atom stereocenters. The molecule has 1 aromatic carbocycles. The monoisotopic (exact) mass is 408 g/mol. The van der Waals surface area contributed by atoms with Crippen molar-refractivity contribution in [3.05, 3.63) is 29.8 Å². The third kappa shape index (κ3) is 5.93. The van der Waals surface area contributed by atoms with Crippen LogP contribution in [0.25, 0.3) is 0 Å². The van der Waals surface area contributed by atoms with Gasteiger partial charge in [-0.05, 0) is 43.9 Å². The maximum Gasteiger partial charge on any atom is 0.253 e. The highest BCUT2D eigenvalue weighted by atomic mass is 32.2. The molecule has 2 atom stereocenters. The number of nitrogens with one attached hydrogen (secondary N) is 3. The molecule has 8 nitrogen and oxygen atoms in total. The molecule has 2 saturated heterocycles. The fourth-order valence-corrected chi connectivity index (χ4v) is 5.02. The quantitative estimate of drug-likeness (QED) is 0.480. The van der Waals surface area contributed by atoms with Gasteiger partial charge >= 0.3 is 0 Å². The van der Waals surface area contributed by atoms with E-state index in [0.29, 0.717) is 37.8 Å². The summed E-state index contributed by atoms with van der Waals surface area (Å²) in [6, 6.07) is 7.43. The van der Waals surface area contributed by atoms with Gasteiger partial charge in [0.05, 0.1) is 18.1 Å². The zero-order chi connectivity index (χ0) is 20.0. The molecule has 0 aromatic heterocycles. The van der Waals surface area contributed by atoms with E-state index in [4.69, 9.17) is 4.74 Å². The number of carbonyl (C=O) groups excluding carboxylic acids is 1. The molecular formula is C19H28N4O4S. The molecule has 0 bridgehead atoms. The summed E-state index contributed by atoms with van der Waals surface area (Å²) >= 11 is 0. The number of sulfone groups is 1. The molecule has 2 aliphatic heterocycles. The van der Waals surface area contributed by atoms with Gasteiger partial charge in [-0.2, -0.15) is 0 Å². The fourth-order valence-electron chi connectivity index (χ4n) is 3.35. The van der Waals surface area contributed by atoms with Gasteiger partial charge < -0.3 is 20.7 Å². The van der Waals surface area contributed by atoms with Gasteiger partial charge in [-0.1, -0.05) is 12.1 Å². The number of nitrogens with zero attached hydrogens (tertiary/aromatic N) is 1. The van der Waals surface area contributed by atoms with Crippen molar-refractivity contribution in [3.63, 3.8) is 0 Å². The number of rotatable bonds is 6. The summed E-state index contributed by atoms with van der Waals surface area (Å²) < 4.78 is 28.7. The third-order valence-electron chi connectivity index (χ3n) is 4.75. The van der Waals surface area contributed by atoms with E-state index in [9.17, 15) is 13.2 Å². The van der Waals surface area contributed by atoms with E-state index in [1.165, 1.54) is 0 Å². The van der Waals surface area contributed by atoms with Crippen LogP contribution in [0.2, 0.25) is 0 Å². The summed E-state index contributed by atoms with van der Waals surface area (Å²) in [4.78, 5) is 16.7. The van der Waals surface area contributed by atoms with Crippen LogP contribution in [0.3, 0.4) is 0 Å². The Kier molecular flexibility index (Phi) is 6.90. The second-order valence-corrected chi connectivity index (χ2v) is 9.36. The van der Waals surface area contributed by atoms with Crippen molar-refractivity contribution >= 4 is 27.4 Å². The van der Waals surface area contributed by atoms with Crippen LogP contribution in [0.1, 0.15) is 31.7 Å². The number of guanidine groups is 1. The van der Waals surface area contributed by atoms with Gasteiger partial charge in [-0.15, -0.1) is 0 Å². The molecule has 0 radical (unpaired) electrons. The smallest absolute Gasteiger partial charge is 0.253 e. The van der Waals surface area contributed by atoms with Crippen LogP contribution in [0.15, 0.2) is 29.3 Å². The number of benzene rings is 1. The van der Waals surface area contributed by atoms with E-state index < -0.39 is 9.84 Å². The molecule has 154 valence electrons. The molecule has 0 spiro atoms. The Morgan fingerprint density at radius 2 is 2.18 bits per heavy atom. The van der Waals surface area contributed by atoms with Crippen molar-refractivity contribution < 1.29 is 17.9 Å². The summed E-state index contributed by atoms with van der Waals surface area (Å²) in [6.07, 6.45) is 1.89. The van der Waals surface area contributed by atoms with E-state index in [2.05, 4.69) is 20.9 Å². The van der Waals surface area contributed by atoms with Crippen molar-refractivity contribution in [2.24, 2.45) is 4.99 Å². The Morgan fingerprint density at radius 3 is 2.86 bits per heavy atom. The summed E-state index contributed by atoms with van der Waals surface area (Å²) in [6.45, 7) is 3.69. The lowest BCUT2D eigenvalue weighted by Gasteiger charge is -2.16. The van der Waals surface area contributed by atoms with Crippen molar-refractivity contribution in [2.75, 3.05) is 30.0 Å². The SMILES string of the molecule is CCNC(=NCc1cccc(NC(=O)C2CCCO2)c1)NC1CCS(=O)(=O)C1. The molecule has 3 N–H and O–H groups in total. The topological polar surface area (TPSA) is 109 Å². The van der Waals surface area contributed by atoms with E-state index in [0.717, 1.165) is 18.4 Å². The summed E-state index contributed by atoms with van der Waals surface area (Å²) in [7, 11) is -2.94. The van der Waals surface area contributed by atoms with Crippen LogP contribution in [0.4, 0.5) is 5.69 Å². The number of hydrogen-bond acceptors (Lipinski definition) is 5. The van der Waals surface area contributed by atoms with Crippen LogP contribution < -0.4 is 16.0 Å². The number of ether oxygens (including phenoxy) is 1. The molecule has 28 heavy (non-hydrogen) atoms. The maximum absolute atomic E-state index is 12.2. The van der Waals surface area contributed by atoms with Crippen LogP contribution >= 0.6 is 0 Å². The Hall–Kier alpha value is -2.13. The van der Waals surface area contributed by atoms with Crippen LogP contribution in [0.5, 0.6) is 0 Å². The predicted octanol–water partition coefficient (Wildman–Crippen LogP) is 1.05. The first-order chi connectivity index (χ1) is 13.4. The van der Waals surface area contributed by atoms with E-state index >= 15 is 0 Å². The number of carbonyl (C=O) groups is 1. The molecule has 3 rings (SSSR count). The molecular weight excluding hydrogens is 380 g/mol. The van der Waals surface area contributed by atoms with Gasteiger partial charge in [-0.3, -0.25) is 4.79 Å². The molecule has 2 heterocycles. The second-order valence-electron chi connectivity index (χ2n) is 7.13. The van der Waals surface area contributed by atoms with Crippen LogP contribution in [-0.4, -0.2) is 57.1 Å². The average Bonchev–Trinajstić information content (AvgIpc) is 3.30. The Labute approximate surface area is 166 Å². The largest absolute Gasteiger partial charge is 0.368 e. The normalized spacial score (nSPS) is 24.1. The molecule has 2 aliphatic rings. The first-order valence-corrected chi connectivity index (χ1v) is 11.5. The highest BCUT2D eigenvalue weighted by Crippen LogP contribution is 2.17. The van der Waals surface area contributed by atoms with Gasteiger partial charge in [0.25, 0.3) is 5.91 Å². The molecule has 0 aliphatic carbocycles. The van der Waals surface area contributed by atoms with Crippen molar-refractivity contribution in [1.29, 1.82) is 0 Å². The Bertz CT molecular complexity index is 819. The zero-order valence-electron chi connectivity index (χ0n) is 16.1. The Morgan fingerprint density at radius 1 is 1.32 bits per heavy atom. The van der Waals surface area contributed by atoms with Crippen LogP contribution in [0, 0.1) is 0 Å². The maximum atomic E-state index is 12.2. The lowest BCUT2D eigenvalue weighted by atomic mass is 10.2. The zero-order valence-corrected chi connectivity index (χ0v) is 16.9. The molecule has 2 fully saturated rings. The first-order valence-electron chi connectivity index (χ1n) is 9.72. The molecule has 0 saturated carbocycles. The number of amides is 1. The van der Waals surface area contributed by atoms with E-state index in [1.54, 1.807) is 0 Å². The van der Waals surface area contributed by atoms with E-state index in [1.807, 2.05) is 31.2 Å². The highest BCUT2D eigenvalue weighted by molar-refractivity contribution is 7.91. The molecule has 9 heteroatoms. The van der Waals surface area contributed by atoms with Gasteiger partial charge in [-0.25, -0.2) is 13.4 Å². The number of anilines is 1. The highest BCUT2D eigenvalue weighted by Gasteiger charge is 2.28. The van der Waals surface area contributed by atoms with Gasteiger partial charge in [0.2, 0.25) is 0 Å². The third-order valence-corrected chi connectivity index (χ3v) is 6.52. The minimum atomic E-state index is -2.94. The standard InChI is InChI=1S/C19H28N4O4S/c1-2-20-19(23-16-8-10-28(25,26)13-16)21-12-14-5-3-6-15(11-14)22-18(24)17-7-4-9-27-17/h3,5-6,11,16-17H,2,4,7-10,12-13H2,1H3,(H,22,24)(H2,20,21,23). The Balaban J connectivity index is 1.59. The number of hydrogen-bond donors (Lipinski definition) is 3. The molecule has 1 aromatic rings. The van der Waals surface area contributed by atoms with Gasteiger partial charge in [0.1, 0.15) is 6.10 Å². The number of aliphatic imine (C=N–C) groups is 1. The predicted molar refractivity (Wildman–Crippen MR) is 109 cm³/mol. The first kappa shape index (κ1) is 20.6. The lowest BCUT2D eigenvalue weighted by Crippen LogP contribution is -2.44. The molecule has 1 amide bonds. The minimum Gasteiger partial charge on any atom is -0.368 e. The minimum absolute atomic E-state index is 0.111. The second kappa shape index (κ2) is 9.38. The van der Waals surface area contributed by atoms with E-state index in [-0.39, 0.29) is 29.6 Å².